The van der Waals surface area contributed by atoms with Crippen LogP contribution in [0.25, 0.3) is 21.5 Å². The summed E-state index contributed by atoms with van der Waals surface area (Å²) in [6.45, 7) is 7.10. The number of carbonyl (C=O) groups is 2. The van der Waals surface area contributed by atoms with E-state index in [0.717, 1.165) is 40.5 Å². The Bertz CT molecular complexity index is 1870. The van der Waals surface area contributed by atoms with Crippen molar-refractivity contribution in [1.29, 1.82) is 0 Å². The molecule has 0 heterocycles. The molecule has 0 aliphatic carbocycles. The standard InChI is InChI=1S/C42H45FO5S/c1-4-6-7-8-9-10-21-46-36-16-11-30(12-17-36)42(45)48-39-20-15-32-23-37(19-14-33(32)24-39)47-38-18-13-31-22-35(40(43)26-34(31)25-38)27-41(44)49-28-29(3)5-2/h11-20,22-26,29H,4-10,21,27-28H2,1-3H3. The number of rotatable bonds is 17. The van der Waals surface area contributed by atoms with Gasteiger partial charge in [-0.05, 0) is 112 Å². The van der Waals surface area contributed by atoms with Gasteiger partial charge in [0.15, 0.2) is 5.12 Å². The molecule has 0 saturated carbocycles. The van der Waals surface area contributed by atoms with Crippen molar-refractivity contribution < 1.29 is 28.2 Å². The predicted octanol–water partition coefficient (Wildman–Crippen LogP) is 11.7. The molecule has 0 aromatic heterocycles. The highest BCUT2D eigenvalue weighted by Crippen LogP contribution is 2.31. The molecule has 49 heavy (non-hydrogen) atoms. The average molecular weight is 681 g/mol. The van der Waals surface area contributed by atoms with Gasteiger partial charge in [-0.25, -0.2) is 9.18 Å². The second-order valence-corrected chi connectivity index (χ2v) is 13.7. The van der Waals surface area contributed by atoms with Crippen LogP contribution in [0, 0.1) is 11.7 Å². The van der Waals surface area contributed by atoms with Crippen molar-refractivity contribution in [1.82, 2.24) is 0 Å². The SMILES string of the molecule is CCCCCCCCOc1ccc(C(=O)Oc2ccc3cc(Oc4ccc5cc(CC(=O)SCC(C)CC)c(F)cc5c4)ccc3c2)cc1. The molecule has 1 unspecified atom stereocenters. The molecule has 0 fully saturated rings. The summed E-state index contributed by atoms with van der Waals surface area (Å²) in [6.07, 6.45) is 8.33. The maximum Gasteiger partial charge on any atom is 0.343 e. The van der Waals surface area contributed by atoms with Gasteiger partial charge in [-0.3, -0.25) is 4.79 Å². The van der Waals surface area contributed by atoms with Gasteiger partial charge in [0.25, 0.3) is 0 Å². The van der Waals surface area contributed by atoms with Crippen LogP contribution >= 0.6 is 11.8 Å². The zero-order valence-electron chi connectivity index (χ0n) is 28.6. The van der Waals surface area contributed by atoms with E-state index in [2.05, 4.69) is 20.8 Å². The molecular formula is C42H45FO5S. The first-order valence-corrected chi connectivity index (χ1v) is 18.3. The van der Waals surface area contributed by atoms with Gasteiger partial charge in [0.2, 0.25) is 0 Å². The number of thioether (sulfide) groups is 1. The molecule has 7 heteroatoms. The zero-order valence-corrected chi connectivity index (χ0v) is 29.5. The molecular weight excluding hydrogens is 636 g/mol. The number of hydrogen-bond acceptors (Lipinski definition) is 6. The summed E-state index contributed by atoms with van der Waals surface area (Å²) in [5.74, 6) is 2.76. The number of carbonyl (C=O) groups excluding carboxylic acids is 2. The average Bonchev–Trinajstić information content (AvgIpc) is 3.11. The Morgan fingerprint density at radius 2 is 1.29 bits per heavy atom. The highest BCUT2D eigenvalue weighted by Gasteiger charge is 2.14. The van der Waals surface area contributed by atoms with Crippen LogP contribution in [-0.2, 0) is 11.2 Å². The van der Waals surface area contributed by atoms with E-state index in [4.69, 9.17) is 14.2 Å². The van der Waals surface area contributed by atoms with Crippen LogP contribution in [0.4, 0.5) is 4.39 Å². The summed E-state index contributed by atoms with van der Waals surface area (Å²) in [6, 6.07) is 26.9. The number of ether oxygens (including phenoxy) is 3. The quantitative estimate of drug-likeness (QED) is 0.0553. The van der Waals surface area contributed by atoms with Crippen LogP contribution in [0.3, 0.4) is 0 Å². The first-order valence-electron chi connectivity index (χ1n) is 17.4. The highest BCUT2D eigenvalue weighted by molar-refractivity contribution is 8.13. The fourth-order valence-corrected chi connectivity index (χ4v) is 6.41. The minimum Gasteiger partial charge on any atom is -0.494 e. The Labute approximate surface area is 293 Å². The van der Waals surface area contributed by atoms with E-state index < -0.39 is 11.8 Å². The van der Waals surface area contributed by atoms with Crippen molar-refractivity contribution in [2.75, 3.05) is 12.4 Å². The molecule has 0 aliphatic heterocycles. The maximum atomic E-state index is 15.0. The predicted molar refractivity (Wildman–Crippen MR) is 199 cm³/mol. The maximum absolute atomic E-state index is 15.0. The van der Waals surface area contributed by atoms with E-state index >= 15 is 0 Å². The largest absolute Gasteiger partial charge is 0.494 e. The number of unbranched alkanes of at least 4 members (excludes halogenated alkanes) is 5. The van der Waals surface area contributed by atoms with Crippen molar-refractivity contribution in [2.45, 2.75) is 72.1 Å². The minimum atomic E-state index is -0.436. The van der Waals surface area contributed by atoms with Gasteiger partial charge < -0.3 is 14.2 Å². The Morgan fingerprint density at radius 1 is 0.694 bits per heavy atom. The van der Waals surface area contributed by atoms with Gasteiger partial charge in [-0.15, -0.1) is 0 Å². The molecule has 5 aromatic rings. The Balaban J connectivity index is 1.15. The van der Waals surface area contributed by atoms with Crippen molar-refractivity contribution in [3.63, 3.8) is 0 Å². The number of hydrogen-bond donors (Lipinski definition) is 0. The molecule has 1 atom stereocenters. The number of halogens is 1. The van der Waals surface area contributed by atoms with Crippen LogP contribution < -0.4 is 14.2 Å². The molecule has 256 valence electrons. The topological polar surface area (TPSA) is 61.8 Å². The van der Waals surface area contributed by atoms with Crippen LogP contribution in [0.5, 0.6) is 23.0 Å². The molecule has 0 bridgehead atoms. The van der Waals surface area contributed by atoms with Crippen molar-refractivity contribution >= 4 is 44.4 Å². The van der Waals surface area contributed by atoms with Crippen molar-refractivity contribution in [2.24, 2.45) is 5.92 Å². The summed E-state index contributed by atoms with van der Waals surface area (Å²) in [7, 11) is 0. The Morgan fingerprint density at radius 3 is 1.98 bits per heavy atom. The van der Waals surface area contributed by atoms with E-state index in [1.54, 1.807) is 42.5 Å². The molecule has 5 nitrogen and oxygen atoms in total. The normalized spacial score (nSPS) is 11.8. The molecule has 0 spiro atoms. The second kappa shape index (κ2) is 17.9. The number of benzene rings is 5. The van der Waals surface area contributed by atoms with E-state index in [-0.39, 0.29) is 11.5 Å². The van der Waals surface area contributed by atoms with Crippen LogP contribution in [-0.4, -0.2) is 23.4 Å². The van der Waals surface area contributed by atoms with Crippen molar-refractivity contribution in [3.8, 4) is 23.0 Å². The van der Waals surface area contributed by atoms with E-state index in [0.29, 0.717) is 46.3 Å². The first kappa shape index (κ1) is 35.9. The van der Waals surface area contributed by atoms with Crippen LogP contribution in [0.2, 0.25) is 0 Å². The molecule has 0 N–H and O–H groups in total. The lowest BCUT2D eigenvalue weighted by atomic mass is 10.0. The Kier molecular flexibility index (Phi) is 13.1. The molecule has 0 radical (unpaired) electrons. The lowest BCUT2D eigenvalue weighted by molar-refractivity contribution is -0.110. The summed E-state index contributed by atoms with van der Waals surface area (Å²) in [5.41, 5.74) is 0.857. The lowest BCUT2D eigenvalue weighted by Crippen LogP contribution is -2.08. The van der Waals surface area contributed by atoms with Crippen LogP contribution in [0.15, 0.2) is 91.0 Å². The van der Waals surface area contributed by atoms with Gasteiger partial charge in [0.05, 0.1) is 12.2 Å². The van der Waals surface area contributed by atoms with E-state index in [1.807, 2.05) is 42.5 Å². The van der Waals surface area contributed by atoms with E-state index in [1.165, 1.54) is 49.9 Å². The molecule has 0 amide bonds. The third-order valence-corrected chi connectivity index (χ3v) is 9.83. The first-order chi connectivity index (χ1) is 23.8. The van der Waals surface area contributed by atoms with Gasteiger partial charge in [0, 0.05) is 12.2 Å². The second-order valence-electron chi connectivity index (χ2n) is 12.6. The summed E-state index contributed by atoms with van der Waals surface area (Å²) in [5, 5.41) is 3.32. The monoisotopic (exact) mass is 680 g/mol. The van der Waals surface area contributed by atoms with Gasteiger partial charge in [0.1, 0.15) is 28.8 Å². The Hall–Kier alpha value is -4.36. The fraction of sp³-hybridized carbons (Fsp3) is 0.333. The van der Waals surface area contributed by atoms with Crippen LogP contribution in [0.1, 0.15) is 81.6 Å². The molecule has 0 aliphatic rings. The molecule has 5 aromatic carbocycles. The fourth-order valence-electron chi connectivity index (χ4n) is 5.44. The number of esters is 1. The summed E-state index contributed by atoms with van der Waals surface area (Å²) >= 11 is 1.28. The minimum absolute atomic E-state index is 0.0190. The molecule has 5 rings (SSSR count). The van der Waals surface area contributed by atoms with Gasteiger partial charge >= 0.3 is 5.97 Å². The summed E-state index contributed by atoms with van der Waals surface area (Å²) in [4.78, 5) is 25.2. The highest BCUT2D eigenvalue weighted by atomic mass is 32.2. The van der Waals surface area contributed by atoms with Gasteiger partial charge in [-0.1, -0.05) is 89.3 Å². The third-order valence-electron chi connectivity index (χ3n) is 8.62. The molecule has 0 saturated heterocycles. The smallest absolute Gasteiger partial charge is 0.343 e. The summed E-state index contributed by atoms with van der Waals surface area (Å²) < 4.78 is 32.6. The van der Waals surface area contributed by atoms with E-state index in [9.17, 15) is 14.0 Å². The number of fused-ring (bicyclic) bond motifs is 2. The van der Waals surface area contributed by atoms with Gasteiger partial charge in [-0.2, -0.15) is 0 Å². The lowest BCUT2D eigenvalue weighted by Gasteiger charge is -2.11. The zero-order chi connectivity index (χ0) is 34.6. The third kappa shape index (κ3) is 10.6. The van der Waals surface area contributed by atoms with Crippen molar-refractivity contribution in [3.05, 3.63) is 108 Å².